The summed E-state index contributed by atoms with van der Waals surface area (Å²) in [5.41, 5.74) is 1.58. The number of carbonyl (C=O) groups excluding carboxylic acids is 1. The Balaban J connectivity index is 1.87. The molecule has 0 aromatic carbocycles. The third kappa shape index (κ3) is 5.09. The number of hydrogen-bond acceptors (Lipinski definition) is 7. The number of hydrogen-bond donors (Lipinski definition) is 2. The summed E-state index contributed by atoms with van der Waals surface area (Å²) in [7, 11) is 3.42. The van der Waals surface area contributed by atoms with E-state index in [2.05, 4.69) is 19.8 Å². The van der Waals surface area contributed by atoms with Crippen LogP contribution in [0.1, 0.15) is 28.7 Å². The molecule has 0 saturated heterocycles. The molecule has 3 rings (SSSR count). The van der Waals surface area contributed by atoms with E-state index in [1.54, 1.807) is 17.7 Å². The minimum absolute atomic E-state index is 0.0647. The number of ether oxygens (including phenoxy) is 1. The number of fused-ring (bicyclic) bond motifs is 1. The molecule has 0 bridgehead atoms. The molecule has 0 spiro atoms. The van der Waals surface area contributed by atoms with Crippen LogP contribution in [0.3, 0.4) is 0 Å². The lowest BCUT2D eigenvalue weighted by Crippen LogP contribution is -2.30. The number of pyridine rings is 1. The molecule has 166 valence electrons. The van der Waals surface area contributed by atoms with Crippen LogP contribution >= 0.6 is 11.9 Å². The standard InChI is InChI=1S/C18H18F4N6O2S/c1-9(30-18(20,21)22)26-31-17-15-12(4-5-27(15)2)14(28(17)3)16(29)25-10-6-11(8-23)24-13(19)7-10/h6-7,9,26H,4-5H2,1-3H3,(H,24,25,29). The second kappa shape index (κ2) is 8.74. The van der Waals surface area contributed by atoms with Crippen LogP contribution in [0.25, 0.3) is 0 Å². The van der Waals surface area contributed by atoms with Crippen LogP contribution in [0.2, 0.25) is 0 Å². The van der Waals surface area contributed by atoms with Crippen molar-refractivity contribution < 1.29 is 27.1 Å². The quantitative estimate of drug-likeness (QED) is 0.297. The molecule has 0 aliphatic carbocycles. The Hall–Kier alpha value is -2.82. The summed E-state index contributed by atoms with van der Waals surface area (Å²) in [6.45, 7) is 1.84. The first kappa shape index (κ1) is 22.9. The van der Waals surface area contributed by atoms with Gasteiger partial charge < -0.3 is 14.8 Å². The zero-order valence-corrected chi connectivity index (χ0v) is 17.5. The first-order valence-electron chi connectivity index (χ1n) is 8.98. The second-order valence-electron chi connectivity index (χ2n) is 6.77. The van der Waals surface area contributed by atoms with E-state index < -0.39 is 24.4 Å². The highest BCUT2D eigenvalue weighted by Gasteiger charge is 2.34. The van der Waals surface area contributed by atoms with Gasteiger partial charge in [-0.15, -0.1) is 13.2 Å². The van der Waals surface area contributed by atoms with E-state index in [-0.39, 0.29) is 17.1 Å². The van der Waals surface area contributed by atoms with Crippen molar-refractivity contribution in [2.45, 2.75) is 31.0 Å². The van der Waals surface area contributed by atoms with E-state index in [1.165, 1.54) is 13.0 Å². The number of rotatable bonds is 6. The zero-order valence-electron chi connectivity index (χ0n) is 16.7. The number of likely N-dealkylation sites (N-methyl/N-ethyl adjacent to an activating group) is 1. The van der Waals surface area contributed by atoms with Gasteiger partial charge >= 0.3 is 6.36 Å². The predicted octanol–water partition coefficient (Wildman–Crippen LogP) is 3.15. The van der Waals surface area contributed by atoms with Gasteiger partial charge in [-0.1, -0.05) is 0 Å². The van der Waals surface area contributed by atoms with Gasteiger partial charge in [0.15, 0.2) is 0 Å². The zero-order chi connectivity index (χ0) is 22.9. The minimum Gasteiger partial charge on any atom is -0.372 e. The Kier molecular flexibility index (Phi) is 6.44. The molecule has 1 atom stereocenters. The Morgan fingerprint density at radius 1 is 1.39 bits per heavy atom. The second-order valence-corrected chi connectivity index (χ2v) is 7.59. The van der Waals surface area contributed by atoms with Crippen molar-refractivity contribution in [3.63, 3.8) is 0 Å². The Morgan fingerprint density at radius 2 is 2.10 bits per heavy atom. The lowest BCUT2D eigenvalue weighted by Gasteiger charge is -2.19. The molecule has 1 unspecified atom stereocenters. The molecule has 3 heterocycles. The van der Waals surface area contributed by atoms with E-state index >= 15 is 0 Å². The van der Waals surface area contributed by atoms with Crippen molar-refractivity contribution in [1.82, 2.24) is 14.3 Å². The van der Waals surface area contributed by atoms with Crippen molar-refractivity contribution in [2.75, 3.05) is 23.8 Å². The van der Waals surface area contributed by atoms with E-state index in [4.69, 9.17) is 5.26 Å². The van der Waals surface area contributed by atoms with Crippen molar-refractivity contribution in [3.05, 3.63) is 35.0 Å². The highest BCUT2D eigenvalue weighted by Crippen LogP contribution is 2.40. The molecule has 0 radical (unpaired) electrons. The maximum atomic E-state index is 13.6. The summed E-state index contributed by atoms with van der Waals surface area (Å²) >= 11 is 0.911. The molecule has 31 heavy (non-hydrogen) atoms. The molecule has 0 fully saturated rings. The van der Waals surface area contributed by atoms with Gasteiger partial charge in [-0.05, 0) is 31.4 Å². The fourth-order valence-electron chi connectivity index (χ4n) is 3.31. The van der Waals surface area contributed by atoms with Gasteiger partial charge in [0.05, 0.1) is 5.69 Å². The number of halogens is 4. The summed E-state index contributed by atoms with van der Waals surface area (Å²) in [4.78, 5) is 18.3. The Bertz CT molecular complexity index is 1050. The number of aromatic nitrogens is 2. The number of nitrogens with zero attached hydrogens (tertiary/aromatic N) is 4. The number of nitrogens with one attached hydrogen (secondary N) is 2. The fraction of sp³-hybridized carbons (Fsp3) is 0.389. The SMILES string of the molecule is CC(NSc1c2c(c(C(=O)Nc3cc(F)nc(C#N)c3)n1C)CCN2C)OC(F)(F)F. The van der Waals surface area contributed by atoms with Gasteiger partial charge in [0.1, 0.15) is 28.7 Å². The van der Waals surface area contributed by atoms with Crippen LogP contribution in [-0.2, 0) is 18.2 Å². The van der Waals surface area contributed by atoms with E-state index in [0.717, 1.165) is 18.0 Å². The molecule has 1 amide bonds. The van der Waals surface area contributed by atoms with Crippen molar-refractivity contribution in [2.24, 2.45) is 7.05 Å². The lowest BCUT2D eigenvalue weighted by molar-refractivity contribution is -0.341. The topological polar surface area (TPSA) is 95.2 Å². The van der Waals surface area contributed by atoms with Crippen molar-refractivity contribution >= 4 is 29.2 Å². The van der Waals surface area contributed by atoms with Gasteiger partial charge in [-0.25, -0.2) is 9.71 Å². The lowest BCUT2D eigenvalue weighted by atomic mass is 10.2. The molecule has 2 N–H and O–H groups in total. The number of anilines is 2. The summed E-state index contributed by atoms with van der Waals surface area (Å²) in [6.07, 6.45) is -5.57. The summed E-state index contributed by atoms with van der Waals surface area (Å²) in [5, 5.41) is 12.0. The monoisotopic (exact) mass is 458 g/mol. The Morgan fingerprint density at radius 3 is 2.74 bits per heavy atom. The van der Waals surface area contributed by atoms with E-state index in [0.29, 0.717) is 29.2 Å². The smallest absolute Gasteiger partial charge is 0.372 e. The molecule has 13 heteroatoms. The molecule has 8 nitrogen and oxygen atoms in total. The van der Waals surface area contributed by atoms with Gasteiger partial charge in [-0.3, -0.25) is 9.53 Å². The maximum Gasteiger partial charge on any atom is 0.524 e. The highest BCUT2D eigenvalue weighted by molar-refractivity contribution is 7.97. The van der Waals surface area contributed by atoms with E-state index in [9.17, 15) is 22.4 Å². The van der Waals surface area contributed by atoms with Gasteiger partial charge in [0, 0.05) is 38.0 Å². The van der Waals surface area contributed by atoms with Crippen molar-refractivity contribution in [1.29, 1.82) is 5.26 Å². The van der Waals surface area contributed by atoms with Crippen LogP contribution < -0.4 is 14.9 Å². The van der Waals surface area contributed by atoms with E-state index in [1.807, 2.05) is 11.9 Å². The highest BCUT2D eigenvalue weighted by atomic mass is 32.2. The maximum absolute atomic E-state index is 13.6. The number of carbonyl (C=O) groups is 1. The molecule has 0 saturated carbocycles. The summed E-state index contributed by atoms with van der Waals surface area (Å²) < 4.78 is 58.8. The molecular formula is C18H18F4N6O2S. The average Bonchev–Trinajstić information content (AvgIpc) is 3.14. The molecule has 2 aromatic heterocycles. The van der Waals surface area contributed by atoms with Crippen LogP contribution in [-0.4, -0.2) is 41.6 Å². The third-order valence-corrected chi connectivity index (χ3v) is 5.62. The predicted molar refractivity (Wildman–Crippen MR) is 105 cm³/mol. The van der Waals surface area contributed by atoms with Gasteiger partial charge in [-0.2, -0.15) is 9.65 Å². The average molecular weight is 458 g/mol. The Labute approximate surface area is 179 Å². The van der Waals surface area contributed by atoms with Crippen LogP contribution in [0.15, 0.2) is 17.2 Å². The molecule has 1 aliphatic rings. The molecular weight excluding hydrogens is 440 g/mol. The molecule has 1 aliphatic heterocycles. The summed E-state index contributed by atoms with van der Waals surface area (Å²) in [6, 6.07) is 3.94. The largest absolute Gasteiger partial charge is 0.524 e. The van der Waals surface area contributed by atoms with Gasteiger partial charge in [0.25, 0.3) is 5.91 Å². The van der Waals surface area contributed by atoms with Crippen molar-refractivity contribution in [3.8, 4) is 6.07 Å². The first-order chi connectivity index (χ1) is 14.5. The van der Waals surface area contributed by atoms with Crippen LogP contribution in [0.4, 0.5) is 28.9 Å². The van der Waals surface area contributed by atoms with Crippen LogP contribution in [0, 0.1) is 17.3 Å². The normalized spacial score (nSPS) is 14.3. The molecule has 2 aromatic rings. The number of nitriles is 1. The summed E-state index contributed by atoms with van der Waals surface area (Å²) in [5.74, 6) is -1.46. The number of amides is 1. The number of alkyl halides is 3. The minimum atomic E-state index is -4.78. The van der Waals surface area contributed by atoms with Gasteiger partial charge in [0.2, 0.25) is 5.95 Å². The fourth-order valence-corrected chi connectivity index (χ4v) is 4.24. The van der Waals surface area contributed by atoms with Crippen LogP contribution in [0.5, 0.6) is 0 Å². The first-order valence-corrected chi connectivity index (χ1v) is 9.80. The third-order valence-electron chi connectivity index (χ3n) is 4.51.